The lowest BCUT2D eigenvalue weighted by Crippen LogP contribution is -2.62. The van der Waals surface area contributed by atoms with Crippen LogP contribution in [-0.4, -0.2) is 51.3 Å². The fraction of sp³-hybridized carbons (Fsp3) is 0.882. The van der Waals surface area contributed by atoms with Gasteiger partial charge in [-0.3, -0.25) is 14.4 Å². The highest BCUT2D eigenvalue weighted by molar-refractivity contribution is 5.94. The van der Waals surface area contributed by atoms with Crippen LogP contribution in [0.25, 0.3) is 0 Å². The SMILES string of the molecule is CC(=O)CC(=O)OC1CC(C)(C)N(OCC(C)(C)O)C(C)(C)C1. The summed E-state index contributed by atoms with van der Waals surface area (Å²) in [4.78, 5) is 28.7. The molecule has 0 amide bonds. The first-order valence-electron chi connectivity index (χ1n) is 8.07. The number of hydroxylamine groups is 2. The second-order valence-electron chi connectivity index (χ2n) is 8.40. The molecule has 0 saturated carbocycles. The van der Waals surface area contributed by atoms with Crippen LogP contribution in [0.4, 0.5) is 0 Å². The first kappa shape index (κ1) is 20.1. The van der Waals surface area contributed by atoms with E-state index < -0.39 is 11.6 Å². The van der Waals surface area contributed by atoms with Gasteiger partial charge in [-0.25, -0.2) is 0 Å². The first-order chi connectivity index (χ1) is 10.2. The normalized spacial score (nSPS) is 21.9. The molecular weight excluding hydrogens is 298 g/mol. The molecule has 134 valence electrons. The minimum absolute atomic E-state index is 0.184. The summed E-state index contributed by atoms with van der Waals surface area (Å²) >= 11 is 0. The summed E-state index contributed by atoms with van der Waals surface area (Å²) in [5.74, 6) is -0.667. The Bertz CT molecular complexity index is 432. The fourth-order valence-corrected chi connectivity index (χ4v) is 3.26. The number of ether oxygens (including phenoxy) is 1. The Morgan fingerprint density at radius 1 is 1.17 bits per heavy atom. The lowest BCUT2D eigenvalue weighted by Gasteiger charge is -2.53. The lowest BCUT2D eigenvalue weighted by atomic mass is 9.80. The zero-order valence-electron chi connectivity index (χ0n) is 15.4. The fourth-order valence-electron chi connectivity index (χ4n) is 3.26. The van der Waals surface area contributed by atoms with Crippen LogP contribution in [-0.2, 0) is 19.2 Å². The van der Waals surface area contributed by atoms with E-state index in [0.29, 0.717) is 12.8 Å². The molecule has 0 bridgehead atoms. The predicted molar refractivity (Wildman–Crippen MR) is 86.7 cm³/mol. The molecule has 0 atom stereocenters. The predicted octanol–water partition coefficient (Wildman–Crippen LogP) is 2.23. The van der Waals surface area contributed by atoms with Crippen LogP contribution in [0.15, 0.2) is 0 Å². The van der Waals surface area contributed by atoms with E-state index in [1.54, 1.807) is 13.8 Å². The minimum atomic E-state index is -0.920. The van der Waals surface area contributed by atoms with Crippen LogP contribution in [0.3, 0.4) is 0 Å². The van der Waals surface area contributed by atoms with Gasteiger partial charge in [0.05, 0.1) is 12.2 Å². The molecular formula is C17H31NO5. The van der Waals surface area contributed by atoms with E-state index >= 15 is 0 Å². The molecule has 23 heavy (non-hydrogen) atoms. The van der Waals surface area contributed by atoms with E-state index in [-0.39, 0.29) is 36.0 Å². The van der Waals surface area contributed by atoms with Gasteiger partial charge in [0.25, 0.3) is 0 Å². The molecule has 1 rings (SSSR count). The largest absolute Gasteiger partial charge is 0.462 e. The summed E-state index contributed by atoms with van der Waals surface area (Å²) in [7, 11) is 0. The van der Waals surface area contributed by atoms with Crippen molar-refractivity contribution in [3.05, 3.63) is 0 Å². The van der Waals surface area contributed by atoms with E-state index in [0.717, 1.165) is 0 Å². The second-order valence-corrected chi connectivity index (χ2v) is 8.40. The molecule has 0 aromatic rings. The topological polar surface area (TPSA) is 76.1 Å². The second kappa shape index (κ2) is 6.87. The van der Waals surface area contributed by atoms with Crippen LogP contribution in [0.1, 0.15) is 67.7 Å². The van der Waals surface area contributed by atoms with Crippen molar-refractivity contribution in [1.82, 2.24) is 5.06 Å². The third kappa shape index (κ3) is 6.20. The molecule has 1 heterocycles. The summed E-state index contributed by atoms with van der Waals surface area (Å²) in [5.41, 5.74) is -1.65. The Labute approximate surface area is 139 Å². The molecule has 1 N–H and O–H groups in total. The van der Waals surface area contributed by atoms with Gasteiger partial charge >= 0.3 is 5.97 Å². The Hall–Kier alpha value is -0.980. The molecule has 0 radical (unpaired) electrons. The van der Waals surface area contributed by atoms with Crippen molar-refractivity contribution >= 4 is 11.8 Å². The van der Waals surface area contributed by atoms with Crippen molar-refractivity contribution < 1.29 is 24.3 Å². The highest BCUT2D eigenvalue weighted by Gasteiger charge is 2.48. The van der Waals surface area contributed by atoms with Crippen molar-refractivity contribution in [2.75, 3.05) is 6.61 Å². The number of carbonyl (C=O) groups is 2. The van der Waals surface area contributed by atoms with Gasteiger partial charge in [0.15, 0.2) is 0 Å². The number of piperidine rings is 1. The summed E-state index contributed by atoms with van der Waals surface area (Å²) in [6.07, 6.45) is 0.766. The molecule has 1 fully saturated rings. The van der Waals surface area contributed by atoms with Gasteiger partial charge in [-0.1, -0.05) is 0 Å². The number of esters is 1. The van der Waals surface area contributed by atoms with Crippen molar-refractivity contribution in [3.63, 3.8) is 0 Å². The van der Waals surface area contributed by atoms with Gasteiger partial charge in [0.1, 0.15) is 18.3 Å². The number of carbonyl (C=O) groups excluding carboxylic acids is 2. The minimum Gasteiger partial charge on any atom is -0.462 e. The number of hydrogen-bond acceptors (Lipinski definition) is 6. The van der Waals surface area contributed by atoms with Crippen LogP contribution in [0.2, 0.25) is 0 Å². The number of hydrogen-bond donors (Lipinski definition) is 1. The average molecular weight is 329 g/mol. The van der Waals surface area contributed by atoms with Gasteiger partial charge in [-0.2, -0.15) is 5.06 Å². The maximum Gasteiger partial charge on any atom is 0.313 e. The Morgan fingerprint density at radius 3 is 2.04 bits per heavy atom. The standard InChI is InChI=1S/C17H31NO5/c1-12(19)8-14(20)23-13-9-15(2,3)18(16(4,5)10-13)22-11-17(6,7)21/h13,21H,8-11H2,1-7H3. The van der Waals surface area contributed by atoms with E-state index in [2.05, 4.69) is 0 Å². The maximum absolute atomic E-state index is 11.8. The quantitative estimate of drug-likeness (QED) is 0.595. The molecule has 0 aromatic carbocycles. The molecule has 1 saturated heterocycles. The Kier molecular flexibility index (Phi) is 5.99. The first-order valence-corrected chi connectivity index (χ1v) is 8.07. The van der Waals surface area contributed by atoms with Gasteiger partial charge in [-0.05, 0) is 48.5 Å². The molecule has 0 spiro atoms. The molecule has 6 nitrogen and oxygen atoms in total. The molecule has 6 heteroatoms. The lowest BCUT2D eigenvalue weighted by molar-refractivity contribution is -0.306. The zero-order valence-corrected chi connectivity index (χ0v) is 15.4. The Morgan fingerprint density at radius 2 is 1.65 bits per heavy atom. The van der Waals surface area contributed by atoms with Gasteiger partial charge in [-0.15, -0.1) is 0 Å². The van der Waals surface area contributed by atoms with Gasteiger partial charge < -0.3 is 9.84 Å². The van der Waals surface area contributed by atoms with Crippen molar-refractivity contribution in [2.45, 2.75) is 90.5 Å². The van der Waals surface area contributed by atoms with E-state index in [1.807, 2.05) is 32.8 Å². The van der Waals surface area contributed by atoms with Crippen LogP contribution in [0.5, 0.6) is 0 Å². The monoisotopic (exact) mass is 329 g/mol. The maximum atomic E-state index is 11.8. The number of Topliss-reactive ketones (excluding diaryl/α,β-unsaturated/α-hetero) is 1. The highest BCUT2D eigenvalue weighted by Crippen LogP contribution is 2.40. The highest BCUT2D eigenvalue weighted by atomic mass is 16.7. The number of nitrogens with zero attached hydrogens (tertiary/aromatic N) is 1. The summed E-state index contributed by atoms with van der Waals surface area (Å²) in [6, 6.07) is 0. The molecule has 0 aliphatic carbocycles. The van der Waals surface area contributed by atoms with E-state index in [1.165, 1.54) is 6.92 Å². The number of ketones is 1. The average Bonchev–Trinajstić information content (AvgIpc) is 2.21. The smallest absolute Gasteiger partial charge is 0.313 e. The molecule has 0 aromatic heterocycles. The van der Waals surface area contributed by atoms with Crippen molar-refractivity contribution in [2.24, 2.45) is 0 Å². The number of rotatable bonds is 6. The molecule has 1 aliphatic heterocycles. The summed E-state index contributed by atoms with van der Waals surface area (Å²) < 4.78 is 5.48. The third-order valence-electron chi connectivity index (χ3n) is 3.79. The van der Waals surface area contributed by atoms with Crippen molar-refractivity contribution in [1.29, 1.82) is 0 Å². The van der Waals surface area contributed by atoms with E-state index in [9.17, 15) is 14.7 Å². The van der Waals surface area contributed by atoms with Crippen LogP contribution >= 0.6 is 0 Å². The summed E-state index contributed by atoms with van der Waals surface area (Å²) in [6.45, 7) is 13.0. The van der Waals surface area contributed by atoms with Gasteiger partial charge in [0.2, 0.25) is 0 Å². The third-order valence-corrected chi connectivity index (χ3v) is 3.79. The zero-order chi connectivity index (χ0) is 18.1. The molecule has 1 aliphatic rings. The van der Waals surface area contributed by atoms with Crippen LogP contribution in [0, 0.1) is 0 Å². The molecule has 0 unspecified atom stereocenters. The van der Waals surface area contributed by atoms with Gasteiger partial charge in [0, 0.05) is 23.9 Å². The van der Waals surface area contributed by atoms with Crippen molar-refractivity contribution in [3.8, 4) is 0 Å². The Balaban J connectivity index is 2.78. The summed E-state index contributed by atoms with van der Waals surface area (Å²) in [5, 5.41) is 11.8. The number of aliphatic hydroxyl groups is 1. The van der Waals surface area contributed by atoms with E-state index in [4.69, 9.17) is 9.57 Å². The van der Waals surface area contributed by atoms with Crippen LogP contribution < -0.4 is 0 Å².